The third-order valence-electron chi connectivity index (χ3n) is 7.11. The van der Waals surface area contributed by atoms with E-state index in [9.17, 15) is 0 Å². The number of fused-ring (bicyclic) bond motifs is 6. The molecule has 0 aliphatic carbocycles. The third-order valence-corrected chi connectivity index (χ3v) is 7.11. The minimum atomic E-state index is 1.22. The van der Waals surface area contributed by atoms with Crippen molar-refractivity contribution in [1.29, 1.82) is 0 Å². The van der Waals surface area contributed by atoms with E-state index >= 15 is 0 Å². The Labute approximate surface area is 216 Å². The standard InChI is InChI=1S/C30H42N6/c1-31(2)25-13-19-20(14-26(25)32(3)4)22-16-28(34(7)8)30(36(11)12)18-24(22)23-17-29(35(9)10)27(33(5)6)15-21(19)23/h13-18H,1-12H3. The van der Waals surface area contributed by atoms with Crippen LogP contribution in [0.15, 0.2) is 36.4 Å². The Balaban J connectivity index is 2.35. The van der Waals surface area contributed by atoms with Crippen LogP contribution in [0.2, 0.25) is 0 Å². The highest BCUT2D eigenvalue weighted by molar-refractivity contribution is 6.28. The molecule has 0 aliphatic rings. The maximum absolute atomic E-state index is 2.37. The topological polar surface area (TPSA) is 19.4 Å². The lowest BCUT2D eigenvalue weighted by molar-refractivity contribution is 1.08. The molecule has 0 radical (unpaired) electrons. The van der Waals surface area contributed by atoms with Gasteiger partial charge in [-0.25, -0.2) is 0 Å². The van der Waals surface area contributed by atoms with E-state index in [-0.39, 0.29) is 0 Å². The van der Waals surface area contributed by atoms with Gasteiger partial charge in [-0.05, 0) is 68.7 Å². The van der Waals surface area contributed by atoms with Gasteiger partial charge in [-0.3, -0.25) is 0 Å². The van der Waals surface area contributed by atoms with E-state index in [0.717, 1.165) is 0 Å². The van der Waals surface area contributed by atoms with Crippen molar-refractivity contribution in [2.24, 2.45) is 0 Å². The number of hydrogen-bond acceptors (Lipinski definition) is 6. The number of hydrogen-bond donors (Lipinski definition) is 0. The number of benzene rings is 4. The Kier molecular flexibility index (Phi) is 6.50. The second-order valence-corrected chi connectivity index (χ2v) is 11.0. The molecule has 36 heavy (non-hydrogen) atoms. The molecule has 4 rings (SSSR count). The molecule has 0 spiro atoms. The Morgan fingerprint density at radius 1 is 0.250 bits per heavy atom. The fourth-order valence-electron chi connectivity index (χ4n) is 5.22. The van der Waals surface area contributed by atoms with E-state index < -0.39 is 0 Å². The van der Waals surface area contributed by atoms with Crippen molar-refractivity contribution >= 4 is 66.4 Å². The minimum absolute atomic E-state index is 1.22. The molecule has 0 fully saturated rings. The molecular weight excluding hydrogens is 444 g/mol. The molecule has 0 saturated heterocycles. The van der Waals surface area contributed by atoms with E-state index in [1.54, 1.807) is 0 Å². The van der Waals surface area contributed by atoms with Gasteiger partial charge in [0.15, 0.2) is 0 Å². The molecule has 4 aromatic carbocycles. The lowest BCUT2D eigenvalue weighted by Gasteiger charge is -2.28. The molecule has 0 aliphatic heterocycles. The fraction of sp³-hybridized carbons (Fsp3) is 0.400. The maximum atomic E-state index is 2.37. The first kappa shape index (κ1) is 25.5. The molecule has 0 unspecified atom stereocenters. The van der Waals surface area contributed by atoms with Gasteiger partial charge in [0.2, 0.25) is 0 Å². The second kappa shape index (κ2) is 9.16. The van der Waals surface area contributed by atoms with Gasteiger partial charge < -0.3 is 29.4 Å². The maximum Gasteiger partial charge on any atom is 0.0605 e. The van der Waals surface area contributed by atoms with Crippen molar-refractivity contribution in [3.8, 4) is 0 Å². The highest BCUT2D eigenvalue weighted by Gasteiger charge is 2.20. The Morgan fingerprint density at radius 2 is 0.361 bits per heavy atom. The van der Waals surface area contributed by atoms with Gasteiger partial charge >= 0.3 is 0 Å². The number of rotatable bonds is 6. The summed E-state index contributed by atoms with van der Waals surface area (Å²) in [5.41, 5.74) is 7.30. The molecule has 4 aromatic rings. The summed E-state index contributed by atoms with van der Waals surface area (Å²) in [5.74, 6) is 0. The molecule has 0 saturated carbocycles. The van der Waals surface area contributed by atoms with Crippen LogP contribution in [-0.2, 0) is 0 Å². The van der Waals surface area contributed by atoms with Crippen LogP contribution in [0.1, 0.15) is 0 Å². The van der Waals surface area contributed by atoms with Crippen LogP contribution in [0.25, 0.3) is 32.3 Å². The van der Waals surface area contributed by atoms with Crippen LogP contribution >= 0.6 is 0 Å². The number of anilines is 6. The molecule has 0 amide bonds. The summed E-state index contributed by atoms with van der Waals surface area (Å²) in [6.45, 7) is 0. The van der Waals surface area contributed by atoms with E-state index in [2.05, 4.69) is 150 Å². The van der Waals surface area contributed by atoms with Gasteiger partial charge in [-0.15, -0.1) is 0 Å². The van der Waals surface area contributed by atoms with Gasteiger partial charge in [-0.2, -0.15) is 0 Å². The molecule has 6 nitrogen and oxygen atoms in total. The van der Waals surface area contributed by atoms with Crippen LogP contribution < -0.4 is 29.4 Å². The molecule has 0 aromatic heterocycles. The Hall–Kier alpha value is -3.54. The summed E-state index contributed by atoms with van der Waals surface area (Å²) in [6.07, 6.45) is 0. The molecule has 0 N–H and O–H groups in total. The first-order chi connectivity index (χ1) is 16.8. The van der Waals surface area contributed by atoms with E-state index in [0.29, 0.717) is 0 Å². The van der Waals surface area contributed by atoms with Crippen molar-refractivity contribution in [2.45, 2.75) is 0 Å². The van der Waals surface area contributed by atoms with E-state index in [4.69, 9.17) is 0 Å². The van der Waals surface area contributed by atoms with E-state index in [1.165, 1.54) is 66.4 Å². The molecule has 192 valence electrons. The highest BCUT2D eigenvalue weighted by Crippen LogP contribution is 2.46. The van der Waals surface area contributed by atoms with Crippen molar-refractivity contribution in [2.75, 3.05) is 114 Å². The summed E-state index contributed by atoms with van der Waals surface area (Å²) in [6, 6.07) is 14.2. The van der Waals surface area contributed by atoms with Crippen molar-refractivity contribution in [1.82, 2.24) is 0 Å². The van der Waals surface area contributed by atoms with Crippen LogP contribution in [0.4, 0.5) is 34.1 Å². The molecule has 0 atom stereocenters. The van der Waals surface area contributed by atoms with Gasteiger partial charge in [0.05, 0.1) is 34.1 Å². The second-order valence-electron chi connectivity index (χ2n) is 11.0. The van der Waals surface area contributed by atoms with Gasteiger partial charge in [0, 0.05) is 84.6 Å². The van der Waals surface area contributed by atoms with Crippen LogP contribution in [0.3, 0.4) is 0 Å². The number of nitrogens with zero attached hydrogens (tertiary/aromatic N) is 6. The first-order valence-corrected chi connectivity index (χ1v) is 12.4. The average Bonchev–Trinajstić information content (AvgIpc) is 2.81. The Bertz CT molecular complexity index is 1130. The summed E-state index contributed by atoms with van der Waals surface area (Å²) in [4.78, 5) is 13.3. The summed E-state index contributed by atoms with van der Waals surface area (Å²) >= 11 is 0. The quantitative estimate of drug-likeness (QED) is 0.331. The SMILES string of the molecule is CN(C)c1cc2c3cc(N(C)C)c(N(C)C)cc3c3cc(N(C)C)c(N(C)C)cc3c2cc1N(C)C. The van der Waals surface area contributed by atoms with Crippen LogP contribution in [-0.4, -0.2) is 84.6 Å². The van der Waals surface area contributed by atoms with Gasteiger partial charge in [-0.1, -0.05) is 0 Å². The van der Waals surface area contributed by atoms with Crippen molar-refractivity contribution in [3.63, 3.8) is 0 Å². The predicted molar refractivity (Wildman–Crippen MR) is 165 cm³/mol. The van der Waals surface area contributed by atoms with Crippen LogP contribution in [0.5, 0.6) is 0 Å². The molecular formula is C30H42N6. The molecule has 0 heterocycles. The normalized spacial score (nSPS) is 11.3. The lowest BCUT2D eigenvalue weighted by Crippen LogP contribution is -2.18. The van der Waals surface area contributed by atoms with Crippen molar-refractivity contribution in [3.05, 3.63) is 36.4 Å². The summed E-state index contributed by atoms with van der Waals surface area (Å²) in [5, 5.41) is 7.68. The lowest BCUT2D eigenvalue weighted by atomic mass is 9.91. The molecule has 6 heteroatoms. The van der Waals surface area contributed by atoms with Crippen molar-refractivity contribution < 1.29 is 0 Å². The fourth-order valence-corrected chi connectivity index (χ4v) is 5.22. The Morgan fingerprint density at radius 3 is 0.444 bits per heavy atom. The first-order valence-electron chi connectivity index (χ1n) is 12.4. The predicted octanol–water partition coefficient (Wildman–Crippen LogP) is 5.54. The third kappa shape index (κ3) is 4.08. The average molecular weight is 487 g/mol. The largest absolute Gasteiger partial charge is 0.376 e. The minimum Gasteiger partial charge on any atom is -0.376 e. The van der Waals surface area contributed by atoms with Gasteiger partial charge in [0.25, 0.3) is 0 Å². The molecule has 0 bridgehead atoms. The zero-order valence-corrected chi connectivity index (χ0v) is 24.1. The van der Waals surface area contributed by atoms with E-state index in [1.807, 2.05) is 0 Å². The van der Waals surface area contributed by atoms with Crippen LogP contribution in [0, 0.1) is 0 Å². The zero-order valence-electron chi connectivity index (χ0n) is 24.1. The van der Waals surface area contributed by atoms with Gasteiger partial charge in [0.1, 0.15) is 0 Å². The zero-order chi connectivity index (χ0) is 26.6. The smallest absolute Gasteiger partial charge is 0.0605 e. The summed E-state index contributed by atoms with van der Waals surface area (Å²) in [7, 11) is 25.5. The summed E-state index contributed by atoms with van der Waals surface area (Å²) < 4.78 is 0. The monoisotopic (exact) mass is 486 g/mol. The highest BCUT2D eigenvalue weighted by atomic mass is 15.2.